The lowest BCUT2D eigenvalue weighted by Gasteiger charge is -2.30. The van der Waals surface area contributed by atoms with Gasteiger partial charge in [-0.25, -0.2) is 0 Å². The summed E-state index contributed by atoms with van der Waals surface area (Å²) in [5, 5.41) is 11.5. The van der Waals surface area contributed by atoms with Gasteiger partial charge in [0.15, 0.2) is 5.82 Å². The van der Waals surface area contributed by atoms with Gasteiger partial charge >= 0.3 is 12.2 Å². The van der Waals surface area contributed by atoms with Gasteiger partial charge in [0.05, 0.1) is 11.9 Å². The number of nitrogens with zero attached hydrogens (tertiary/aromatic N) is 7. The SMILES string of the molecule is CCCc1cc2c(N3CCn4c(nnc4C(F)(F)F)C3)nc(Oc3cccc(N4CCNCC4)c3)nc2s1. The van der Waals surface area contributed by atoms with Crippen LogP contribution >= 0.6 is 11.3 Å². The fraction of sp³-hybridized carbons (Fsp3) is 0.440. The van der Waals surface area contributed by atoms with E-state index in [1.54, 1.807) is 11.3 Å². The molecule has 0 saturated carbocycles. The predicted octanol–water partition coefficient (Wildman–Crippen LogP) is 4.48. The molecule has 6 rings (SSSR count). The summed E-state index contributed by atoms with van der Waals surface area (Å²) in [7, 11) is 0. The zero-order valence-electron chi connectivity index (χ0n) is 20.8. The third-order valence-electron chi connectivity index (χ3n) is 6.71. The monoisotopic (exact) mass is 544 g/mol. The van der Waals surface area contributed by atoms with Gasteiger partial charge in [-0.1, -0.05) is 19.4 Å². The number of aryl methyl sites for hydroxylation is 1. The average Bonchev–Trinajstić information content (AvgIpc) is 3.52. The lowest BCUT2D eigenvalue weighted by atomic mass is 10.2. The quantitative estimate of drug-likeness (QED) is 0.381. The first-order valence-corrected chi connectivity index (χ1v) is 13.5. The number of anilines is 2. The highest BCUT2D eigenvalue weighted by atomic mass is 32.1. The molecule has 0 aliphatic carbocycles. The molecule has 1 N–H and O–H groups in total. The van der Waals surface area contributed by atoms with Crippen LogP contribution < -0.4 is 19.9 Å². The van der Waals surface area contributed by atoms with E-state index in [1.165, 1.54) is 4.88 Å². The highest BCUT2D eigenvalue weighted by Crippen LogP contribution is 2.37. The Morgan fingerprint density at radius 3 is 2.66 bits per heavy atom. The van der Waals surface area contributed by atoms with E-state index in [1.807, 2.05) is 23.1 Å². The van der Waals surface area contributed by atoms with Gasteiger partial charge in [-0.15, -0.1) is 21.5 Å². The molecule has 5 heterocycles. The summed E-state index contributed by atoms with van der Waals surface area (Å²) >= 11 is 1.59. The number of benzene rings is 1. The number of fused-ring (bicyclic) bond motifs is 2. The Morgan fingerprint density at radius 2 is 1.87 bits per heavy atom. The van der Waals surface area contributed by atoms with Crippen LogP contribution in [0.3, 0.4) is 0 Å². The predicted molar refractivity (Wildman–Crippen MR) is 139 cm³/mol. The van der Waals surface area contributed by atoms with E-state index in [-0.39, 0.29) is 24.9 Å². The number of halogens is 3. The first kappa shape index (κ1) is 24.9. The van der Waals surface area contributed by atoms with Crippen molar-refractivity contribution in [3.8, 4) is 11.8 Å². The number of aromatic nitrogens is 5. The molecule has 1 saturated heterocycles. The Hall–Kier alpha value is -3.45. The summed E-state index contributed by atoms with van der Waals surface area (Å²) in [5.74, 6) is 0.550. The van der Waals surface area contributed by atoms with Crippen LogP contribution in [-0.2, 0) is 25.7 Å². The third kappa shape index (κ3) is 4.87. The number of rotatable bonds is 6. The molecule has 1 aromatic carbocycles. The van der Waals surface area contributed by atoms with Crippen molar-refractivity contribution >= 4 is 33.1 Å². The van der Waals surface area contributed by atoms with Crippen molar-refractivity contribution in [2.45, 2.75) is 39.0 Å². The van der Waals surface area contributed by atoms with Gasteiger partial charge in [0.2, 0.25) is 5.82 Å². The molecule has 0 unspecified atom stereocenters. The van der Waals surface area contributed by atoms with Gasteiger partial charge in [-0.2, -0.15) is 23.1 Å². The molecular formula is C25H27F3N8OS. The van der Waals surface area contributed by atoms with Gasteiger partial charge in [-0.3, -0.25) is 0 Å². The second kappa shape index (κ2) is 10.0. The number of hydrogen-bond acceptors (Lipinski definition) is 9. The van der Waals surface area contributed by atoms with Crippen molar-refractivity contribution in [1.29, 1.82) is 0 Å². The fourth-order valence-corrected chi connectivity index (χ4v) is 6.03. The van der Waals surface area contributed by atoms with E-state index in [9.17, 15) is 13.2 Å². The summed E-state index contributed by atoms with van der Waals surface area (Å²) in [6.07, 6.45) is -2.64. The number of nitrogens with one attached hydrogen (secondary N) is 1. The summed E-state index contributed by atoms with van der Waals surface area (Å²) < 4.78 is 47.3. The van der Waals surface area contributed by atoms with Crippen molar-refractivity contribution < 1.29 is 17.9 Å². The van der Waals surface area contributed by atoms with E-state index >= 15 is 0 Å². The molecule has 3 aromatic heterocycles. The molecule has 9 nitrogen and oxygen atoms in total. The average molecular weight is 545 g/mol. The highest BCUT2D eigenvalue weighted by Gasteiger charge is 2.39. The van der Waals surface area contributed by atoms with Crippen LogP contribution in [0.2, 0.25) is 0 Å². The van der Waals surface area contributed by atoms with E-state index in [4.69, 9.17) is 14.7 Å². The molecular weight excluding hydrogens is 517 g/mol. The molecule has 0 bridgehead atoms. The first-order valence-electron chi connectivity index (χ1n) is 12.7. The maximum absolute atomic E-state index is 13.3. The summed E-state index contributed by atoms with van der Waals surface area (Å²) in [6, 6.07) is 10.1. The molecule has 38 heavy (non-hydrogen) atoms. The minimum Gasteiger partial charge on any atom is -0.424 e. The molecule has 1 fully saturated rings. The largest absolute Gasteiger partial charge is 0.451 e. The topological polar surface area (TPSA) is 84.2 Å². The molecule has 2 aliphatic rings. The number of thiophene rings is 1. The van der Waals surface area contributed by atoms with E-state index in [0.717, 1.165) is 59.5 Å². The maximum Gasteiger partial charge on any atom is 0.451 e. The van der Waals surface area contributed by atoms with Crippen molar-refractivity contribution in [3.05, 3.63) is 46.9 Å². The van der Waals surface area contributed by atoms with Gasteiger partial charge in [-0.05, 0) is 24.6 Å². The molecule has 2 aliphatic heterocycles. The Labute approximate surface area is 221 Å². The van der Waals surface area contributed by atoms with Crippen LogP contribution in [0.25, 0.3) is 10.2 Å². The minimum atomic E-state index is -4.54. The van der Waals surface area contributed by atoms with Crippen molar-refractivity contribution in [1.82, 2.24) is 30.0 Å². The second-order valence-corrected chi connectivity index (χ2v) is 10.5. The van der Waals surface area contributed by atoms with E-state index in [0.29, 0.717) is 18.1 Å². The highest BCUT2D eigenvalue weighted by molar-refractivity contribution is 7.18. The second-order valence-electron chi connectivity index (χ2n) is 9.36. The van der Waals surface area contributed by atoms with Crippen LogP contribution in [0.1, 0.15) is 29.9 Å². The lowest BCUT2D eigenvalue weighted by Crippen LogP contribution is -2.43. The zero-order valence-corrected chi connectivity index (χ0v) is 21.6. The van der Waals surface area contributed by atoms with E-state index < -0.39 is 12.0 Å². The fourth-order valence-electron chi connectivity index (χ4n) is 4.91. The Morgan fingerprint density at radius 1 is 1.03 bits per heavy atom. The van der Waals surface area contributed by atoms with Gasteiger partial charge < -0.3 is 24.4 Å². The number of ether oxygens (including phenoxy) is 1. The molecule has 0 amide bonds. The smallest absolute Gasteiger partial charge is 0.424 e. The van der Waals surface area contributed by atoms with Crippen molar-refractivity contribution in [2.75, 3.05) is 42.5 Å². The number of piperazine rings is 1. The zero-order chi connectivity index (χ0) is 26.3. The molecule has 0 radical (unpaired) electrons. The molecule has 0 spiro atoms. The molecule has 4 aromatic rings. The Bertz CT molecular complexity index is 1450. The minimum absolute atomic E-state index is 0.109. The van der Waals surface area contributed by atoms with Gasteiger partial charge in [0.1, 0.15) is 16.4 Å². The summed E-state index contributed by atoms with van der Waals surface area (Å²) in [5.41, 5.74) is 1.07. The van der Waals surface area contributed by atoms with Crippen molar-refractivity contribution in [3.63, 3.8) is 0 Å². The maximum atomic E-state index is 13.3. The normalized spacial score (nSPS) is 16.2. The summed E-state index contributed by atoms with van der Waals surface area (Å²) in [4.78, 5) is 15.7. The van der Waals surface area contributed by atoms with Crippen LogP contribution in [-0.4, -0.2) is 57.5 Å². The lowest BCUT2D eigenvalue weighted by molar-refractivity contribution is -0.147. The van der Waals surface area contributed by atoms with Crippen molar-refractivity contribution in [2.24, 2.45) is 0 Å². The molecule has 200 valence electrons. The summed E-state index contributed by atoms with van der Waals surface area (Å²) in [6.45, 7) is 6.41. The number of alkyl halides is 3. The van der Waals surface area contributed by atoms with Crippen LogP contribution in [0.5, 0.6) is 11.8 Å². The standard InChI is InChI=1S/C25H27F3N8OS/c1-2-4-18-14-19-21(35-11-12-36-20(15-35)32-33-23(36)25(26,27)28)30-24(31-22(19)38-18)37-17-6-3-5-16(13-17)34-9-7-29-8-10-34/h3,5-6,13-14,29H,2,4,7-12,15H2,1H3. The molecule has 0 atom stereocenters. The van der Waals surface area contributed by atoms with Crippen LogP contribution in [0.4, 0.5) is 24.7 Å². The third-order valence-corrected chi connectivity index (χ3v) is 7.80. The van der Waals surface area contributed by atoms with E-state index in [2.05, 4.69) is 39.5 Å². The van der Waals surface area contributed by atoms with Crippen LogP contribution in [0.15, 0.2) is 30.3 Å². The Kier molecular flexibility index (Phi) is 6.56. The molecule has 13 heteroatoms. The number of hydrogen-bond donors (Lipinski definition) is 1. The first-order chi connectivity index (χ1) is 18.4. The van der Waals surface area contributed by atoms with Gasteiger partial charge in [0.25, 0.3) is 0 Å². The van der Waals surface area contributed by atoms with Gasteiger partial charge in [0, 0.05) is 55.9 Å². The van der Waals surface area contributed by atoms with Crippen LogP contribution in [0, 0.1) is 0 Å². The Balaban J connectivity index is 1.33.